The van der Waals surface area contributed by atoms with Gasteiger partial charge in [0.25, 0.3) is 0 Å². The highest BCUT2D eigenvalue weighted by molar-refractivity contribution is 5.87. The van der Waals surface area contributed by atoms with Gasteiger partial charge in [0.2, 0.25) is 0 Å². The van der Waals surface area contributed by atoms with Crippen molar-refractivity contribution in [2.24, 2.45) is 0 Å². The van der Waals surface area contributed by atoms with Gasteiger partial charge in [0, 0.05) is 23.2 Å². The summed E-state index contributed by atoms with van der Waals surface area (Å²) in [5.74, 6) is 2.30. The van der Waals surface area contributed by atoms with Crippen LogP contribution in [0.5, 0.6) is 11.5 Å². The second-order valence-electron chi connectivity index (χ2n) is 9.55. The molecule has 5 aromatic carbocycles. The molecule has 40 heavy (non-hydrogen) atoms. The van der Waals surface area contributed by atoms with E-state index in [-0.39, 0.29) is 0 Å². The minimum absolute atomic E-state index is 0.681. The number of aromatic nitrogens is 2. The smallest absolute Gasteiger partial charge is 0.161 e. The second-order valence-corrected chi connectivity index (χ2v) is 9.55. The number of ether oxygens (including phenoxy) is 2. The molecule has 0 amide bonds. The van der Waals surface area contributed by atoms with Gasteiger partial charge in [-0.05, 0) is 28.8 Å². The summed E-state index contributed by atoms with van der Waals surface area (Å²) >= 11 is 0. The van der Waals surface area contributed by atoms with Crippen LogP contribution in [0.15, 0.2) is 133 Å². The van der Waals surface area contributed by atoms with Gasteiger partial charge in [-0.1, -0.05) is 121 Å². The molecule has 0 aliphatic rings. The van der Waals surface area contributed by atoms with Gasteiger partial charge in [-0.25, -0.2) is 4.98 Å². The maximum Gasteiger partial charge on any atom is 0.161 e. The SMILES string of the molecule is COc1ccc(-c2ccccc2-c2nc(-c3ccccc3)c(-c3ccccc3)n2Cc2ccccc2)cc1OC. The van der Waals surface area contributed by atoms with E-state index in [0.29, 0.717) is 18.0 Å². The minimum atomic E-state index is 0.681. The molecule has 0 aliphatic carbocycles. The monoisotopic (exact) mass is 522 g/mol. The van der Waals surface area contributed by atoms with Crippen molar-refractivity contribution in [2.75, 3.05) is 14.2 Å². The summed E-state index contributed by atoms with van der Waals surface area (Å²) in [6.45, 7) is 0.681. The summed E-state index contributed by atoms with van der Waals surface area (Å²) in [5, 5.41) is 0. The Balaban J connectivity index is 1.63. The number of imidazole rings is 1. The van der Waals surface area contributed by atoms with Gasteiger partial charge in [0.1, 0.15) is 5.82 Å². The third kappa shape index (κ3) is 4.87. The van der Waals surface area contributed by atoms with Gasteiger partial charge < -0.3 is 14.0 Å². The Bertz CT molecular complexity index is 1730. The molecule has 6 aromatic rings. The summed E-state index contributed by atoms with van der Waals surface area (Å²) in [5.41, 5.74) is 8.61. The molecule has 0 atom stereocenters. The first-order valence-corrected chi connectivity index (χ1v) is 13.3. The number of methoxy groups -OCH3 is 2. The van der Waals surface area contributed by atoms with Gasteiger partial charge in [-0.3, -0.25) is 0 Å². The van der Waals surface area contributed by atoms with Crippen LogP contribution in [0.25, 0.3) is 45.0 Å². The van der Waals surface area contributed by atoms with E-state index in [9.17, 15) is 0 Å². The molecule has 1 aromatic heterocycles. The second kappa shape index (κ2) is 11.3. The lowest BCUT2D eigenvalue weighted by Gasteiger charge is -2.16. The van der Waals surface area contributed by atoms with Crippen molar-refractivity contribution < 1.29 is 9.47 Å². The first kappa shape index (κ1) is 25.2. The minimum Gasteiger partial charge on any atom is -0.493 e. The Morgan fingerprint density at radius 3 is 1.77 bits per heavy atom. The van der Waals surface area contributed by atoms with Crippen molar-refractivity contribution in [3.63, 3.8) is 0 Å². The molecule has 0 bridgehead atoms. The maximum absolute atomic E-state index is 5.64. The number of hydrogen-bond donors (Lipinski definition) is 0. The van der Waals surface area contributed by atoms with E-state index in [4.69, 9.17) is 14.5 Å². The van der Waals surface area contributed by atoms with Crippen LogP contribution in [0.1, 0.15) is 5.56 Å². The molecule has 0 radical (unpaired) electrons. The Morgan fingerprint density at radius 2 is 1.12 bits per heavy atom. The molecule has 1 heterocycles. The third-order valence-electron chi connectivity index (χ3n) is 7.11. The Hall–Kier alpha value is -5.09. The van der Waals surface area contributed by atoms with E-state index >= 15 is 0 Å². The highest BCUT2D eigenvalue weighted by Gasteiger charge is 2.23. The fourth-order valence-corrected chi connectivity index (χ4v) is 5.20. The van der Waals surface area contributed by atoms with Crippen molar-refractivity contribution >= 4 is 0 Å². The maximum atomic E-state index is 5.64. The van der Waals surface area contributed by atoms with E-state index in [2.05, 4.69) is 120 Å². The van der Waals surface area contributed by atoms with E-state index in [1.807, 2.05) is 18.2 Å². The van der Waals surface area contributed by atoms with Crippen LogP contribution in [0.3, 0.4) is 0 Å². The van der Waals surface area contributed by atoms with Crippen molar-refractivity contribution in [3.8, 4) is 56.5 Å². The zero-order valence-electron chi connectivity index (χ0n) is 22.6. The average Bonchev–Trinajstić information content (AvgIpc) is 3.40. The Morgan fingerprint density at radius 1 is 0.550 bits per heavy atom. The first-order valence-electron chi connectivity index (χ1n) is 13.3. The lowest BCUT2D eigenvalue weighted by Crippen LogP contribution is -2.05. The number of rotatable bonds is 8. The number of benzene rings is 5. The van der Waals surface area contributed by atoms with Crippen molar-refractivity contribution in [1.82, 2.24) is 9.55 Å². The number of nitrogens with zero attached hydrogens (tertiary/aromatic N) is 2. The molecular formula is C36H30N2O2. The van der Waals surface area contributed by atoms with E-state index in [0.717, 1.165) is 45.0 Å². The molecule has 4 nitrogen and oxygen atoms in total. The topological polar surface area (TPSA) is 36.3 Å². The zero-order valence-corrected chi connectivity index (χ0v) is 22.6. The predicted octanol–water partition coefficient (Wildman–Crippen LogP) is 8.62. The third-order valence-corrected chi connectivity index (χ3v) is 7.11. The lowest BCUT2D eigenvalue weighted by atomic mass is 9.98. The fourth-order valence-electron chi connectivity index (χ4n) is 5.20. The van der Waals surface area contributed by atoms with Crippen molar-refractivity contribution in [2.45, 2.75) is 6.54 Å². The largest absolute Gasteiger partial charge is 0.493 e. The van der Waals surface area contributed by atoms with E-state index in [1.165, 1.54) is 5.56 Å². The van der Waals surface area contributed by atoms with Crippen LogP contribution >= 0.6 is 0 Å². The molecular weight excluding hydrogens is 492 g/mol. The lowest BCUT2D eigenvalue weighted by molar-refractivity contribution is 0.355. The summed E-state index contributed by atoms with van der Waals surface area (Å²) in [4.78, 5) is 5.39. The molecule has 0 unspecified atom stereocenters. The molecule has 0 spiro atoms. The van der Waals surface area contributed by atoms with Gasteiger partial charge in [0.05, 0.1) is 25.6 Å². The van der Waals surface area contributed by atoms with Crippen LogP contribution < -0.4 is 9.47 Å². The van der Waals surface area contributed by atoms with Crippen LogP contribution in [0.4, 0.5) is 0 Å². The Labute approximate surface area is 235 Å². The van der Waals surface area contributed by atoms with Crippen LogP contribution in [-0.2, 0) is 6.54 Å². The van der Waals surface area contributed by atoms with E-state index < -0.39 is 0 Å². The molecule has 0 aliphatic heterocycles. The van der Waals surface area contributed by atoms with Crippen LogP contribution in [-0.4, -0.2) is 23.8 Å². The molecule has 0 N–H and O–H groups in total. The van der Waals surface area contributed by atoms with Crippen molar-refractivity contribution in [3.05, 3.63) is 139 Å². The first-order chi connectivity index (χ1) is 19.8. The van der Waals surface area contributed by atoms with Crippen LogP contribution in [0, 0.1) is 0 Å². The summed E-state index contributed by atoms with van der Waals surface area (Å²) < 4.78 is 13.5. The molecule has 0 fully saturated rings. The van der Waals surface area contributed by atoms with E-state index in [1.54, 1.807) is 14.2 Å². The summed E-state index contributed by atoms with van der Waals surface area (Å²) in [6, 6.07) is 46.0. The predicted molar refractivity (Wildman–Crippen MR) is 163 cm³/mol. The fraction of sp³-hybridized carbons (Fsp3) is 0.0833. The standard InChI is InChI=1S/C36H30N2O2/c1-39-32-23-22-29(24-33(32)40-2)30-20-12-13-21-31(30)36-37-34(27-16-8-4-9-17-27)35(28-18-10-5-11-19-28)38(36)25-26-14-6-3-7-15-26/h3-24H,25H2,1-2H3. The van der Waals surface area contributed by atoms with Gasteiger partial charge >= 0.3 is 0 Å². The highest BCUT2D eigenvalue weighted by Crippen LogP contribution is 2.41. The molecule has 196 valence electrons. The quantitative estimate of drug-likeness (QED) is 0.201. The molecule has 0 saturated carbocycles. The van der Waals surface area contributed by atoms with Crippen molar-refractivity contribution in [1.29, 1.82) is 0 Å². The van der Waals surface area contributed by atoms with Gasteiger partial charge in [-0.2, -0.15) is 0 Å². The Kier molecular flexibility index (Phi) is 7.14. The highest BCUT2D eigenvalue weighted by atomic mass is 16.5. The number of hydrogen-bond acceptors (Lipinski definition) is 3. The summed E-state index contributed by atoms with van der Waals surface area (Å²) in [7, 11) is 3.32. The molecule has 0 saturated heterocycles. The van der Waals surface area contributed by atoms with Gasteiger partial charge in [0.15, 0.2) is 11.5 Å². The normalized spacial score (nSPS) is 10.8. The average molecular weight is 523 g/mol. The molecule has 4 heteroatoms. The summed E-state index contributed by atoms with van der Waals surface area (Å²) in [6.07, 6.45) is 0. The molecule has 6 rings (SSSR count). The van der Waals surface area contributed by atoms with Gasteiger partial charge in [-0.15, -0.1) is 0 Å². The van der Waals surface area contributed by atoms with Crippen LogP contribution in [0.2, 0.25) is 0 Å². The zero-order chi connectivity index (χ0) is 27.3.